The summed E-state index contributed by atoms with van der Waals surface area (Å²) in [6.45, 7) is 0. The van der Waals surface area contributed by atoms with Crippen molar-refractivity contribution in [1.29, 1.82) is 0 Å². The Kier molecular flexibility index (Phi) is 5.49. The van der Waals surface area contributed by atoms with Crippen LogP contribution in [0.5, 0.6) is 0 Å². The minimum absolute atomic E-state index is 0.211. The summed E-state index contributed by atoms with van der Waals surface area (Å²) in [6.07, 6.45) is 0.339. The molecule has 5 rings (SSSR count). The summed E-state index contributed by atoms with van der Waals surface area (Å²) >= 11 is 0. The Hall–Kier alpha value is -4.18. The van der Waals surface area contributed by atoms with E-state index in [2.05, 4.69) is 17.4 Å². The minimum Gasteiger partial charge on any atom is -0.368 e. The molecule has 1 atom stereocenters. The minimum atomic E-state index is -0.792. The van der Waals surface area contributed by atoms with Crippen molar-refractivity contribution in [2.75, 3.05) is 0 Å². The number of nitrogens with one attached hydrogen (secondary N) is 1. The molecule has 0 spiro atoms. The van der Waals surface area contributed by atoms with Gasteiger partial charge in [-0.05, 0) is 38.9 Å². The summed E-state index contributed by atoms with van der Waals surface area (Å²) in [5.74, 6) is -1.22. The van der Waals surface area contributed by atoms with Crippen LogP contribution >= 0.6 is 0 Å². The van der Waals surface area contributed by atoms with Gasteiger partial charge in [-0.2, -0.15) is 0 Å². The van der Waals surface area contributed by atoms with Crippen molar-refractivity contribution >= 4 is 11.8 Å². The Labute approximate surface area is 193 Å². The second-order valence-electron chi connectivity index (χ2n) is 8.34. The molecular weight excluding hydrogens is 408 g/mol. The van der Waals surface area contributed by atoms with E-state index >= 15 is 0 Å². The molecule has 0 radical (unpaired) electrons. The number of benzene rings is 4. The van der Waals surface area contributed by atoms with Crippen molar-refractivity contribution in [3.63, 3.8) is 0 Å². The summed E-state index contributed by atoms with van der Waals surface area (Å²) < 4.78 is 0. The van der Waals surface area contributed by atoms with Crippen LogP contribution in [0.4, 0.5) is 0 Å². The largest absolute Gasteiger partial charge is 0.368 e. The monoisotopic (exact) mass is 432 g/mol. The second kappa shape index (κ2) is 8.75. The molecule has 0 saturated heterocycles. The zero-order valence-electron chi connectivity index (χ0n) is 18.1. The predicted molar refractivity (Wildman–Crippen MR) is 130 cm³/mol. The molecule has 0 unspecified atom stereocenters. The fourth-order valence-corrected chi connectivity index (χ4v) is 4.62. The first kappa shape index (κ1) is 20.7. The Morgan fingerprint density at radius 2 is 1.21 bits per heavy atom. The molecule has 162 valence electrons. The second-order valence-corrected chi connectivity index (χ2v) is 8.34. The Balaban J connectivity index is 1.36. The van der Waals surface area contributed by atoms with Crippen LogP contribution in [0.25, 0.3) is 22.3 Å². The van der Waals surface area contributed by atoms with E-state index in [1.807, 2.05) is 91.0 Å². The third kappa shape index (κ3) is 4.03. The predicted octanol–water partition coefficient (Wildman–Crippen LogP) is 4.68. The van der Waals surface area contributed by atoms with Crippen LogP contribution in [0.1, 0.15) is 22.6 Å². The quantitative estimate of drug-likeness (QED) is 0.464. The van der Waals surface area contributed by atoms with Gasteiger partial charge in [0.25, 0.3) is 0 Å². The first-order valence-electron chi connectivity index (χ1n) is 11.0. The fourth-order valence-electron chi connectivity index (χ4n) is 4.62. The van der Waals surface area contributed by atoms with Crippen molar-refractivity contribution in [3.8, 4) is 22.3 Å². The van der Waals surface area contributed by atoms with Crippen LogP contribution in [0.3, 0.4) is 0 Å². The van der Waals surface area contributed by atoms with Gasteiger partial charge in [0.05, 0.1) is 5.92 Å². The van der Waals surface area contributed by atoms with E-state index in [0.29, 0.717) is 6.42 Å². The molecule has 4 heteroatoms. The molecule has 0 fully saturated rings. The Bertz CT molecular complexity index is 1270. The summed E-state index contributed by atoms with van der Waals surface area (Å²) in [5.41, 5.74) is 12.9. The highest BCUT2D eigenvalue weighted by Crippen LogP contribution is 2.44. The highest BCUT2D eigenvalue weighted by molar-refractivity contribution is 5.98. The number of rotatable bonds is 6. The van der Waals surface area contributed by atoms with Crippen LogP contribution in [-0.4, -0.2) is 17.9 Å². The third-order valence-corrected chi connectivity index (χ3v) is 6.26. The molecule has 0 aromatic heterocycles. The lowest BCUT2D eigenvalue weighted by molar-refractivity contribution is -0.127. The van der Waals surface area contributed by atoms with Crippen molar-refractivity contribution in [3.05, 3.63) is 120 Å². The first-order chi connectivity index (χ1) is 16.1. The van der Waals surface area contributed by atoms with Crippen LogP contribution in [-0.2, 0) is 16.0 Å². The van der Waals surface area contributed by atoms with Gasteiger partial charge in [0.2, 0.25) is 11.8 Å². The van der Waals surface area contributed by atoms with Gasteiger partial charge >= 0.3 is 0 Å². The van der Waals surface area contributed by atoms with Crippen LogP contribution in [0.15, 0.2) is 103 Å². The van der Waals surface area contributed by atoms with E-state index in [-0.39, 0.29) is 5.91 Å². The zero-order valence-corrected chi connectivity index (χ0v) is 18.1. The summed E-state index contributed by atoms with van der Waals surface area (Å²) in [6, 6.07) is 33.1. The van der Waals surface area contributed by atoms with Gasteiger partial charge in [0, 0.05) is 6.42 Å². The standard InChI is InChI=1S/C29H24N2O2/c30-28(32)26(18-19-14-16-21(17-15-19)20-8-2-1-3-9-20)31-29(33)27-24-12-6-4-10-22(24)23-11-5-7-13-25(23)27/h1-17,26-27H,18H2,(H2,30,32)(H,31,33)/t26-/m1/s1. The maximum atomic E-state index is 13.4. The lowest BCUT2D eigenvalue weighted by Gasteiger charge is -2.20. The number of amides is 2. The van der Waals surface area contributed by atoms with Crippen LogP contribution in [0.2, 0.25) is 0 Å². The van der Waals surface area contributed by atoms with E-state index in [4.69, 9.17) is 5.73 Å². The molecule has 4 aromatic carbocycles. The molecule has 0 aliphatic heterocycles. The van der Waals surface area contributed by atoms with Gasteiger partial charge in [-0.1, -0.05) is 103 Å². The molecule has 0 heterocycles. The average Bonchev–Trinajstić information content (AvgIpc) is 3.19. The lowest BCUT2D eigenvalue weighted by Crippen LogP contribution is -2.47. The van der Waals surface area contributed by atoms with Gasteiger partial charge in [-0.3, -0.25) is 9.59 Å². The van der Waals surface area contributed by atoms with E-state index in [0.717, 1.165) is 38.9 Å². The fraction of sp³-hybridized carbons (Fsp3) is 0.103. The number of fused-ring (bicyclic) bond motifs is 3. The molecule has 1 aliphatic carbocycles. The maximum absolute atomic E-state index is 13.4. The molecule has 2 amide bonds. The zero-order chi connectivity index (χ0) is 22.8. The van der Waals surface area contributed by atoms with Gasteiger partial charge in [0.1, 0.15) is 6.04 Å². The molecule has 3 N–H and O–H groups in total. The highest BCUT2D eigenvalue weighted by atomic mass is 16.2. The number of primary amides is 1. The van der Waals surface area contributed by atoms with E-state index in [1.54, 1.807) is 0 Å². The normalized spacial score (nSPS) is 13.1. The molecule has 0 bridgehead atoms. The first-order valence-corrected chi connectivity index (χ1v) is 11.0. The number of hydrogen-bond donors (Lipinski definition) is 2. The average molecular weight is 433 g/mol. The van der Waals surface area contributed by atoms with Gasteiger partial charge < -0.3 is 11.1 Å². The highest BCUT2D eigenvalue weighted by Gasteiger charge is 2.34. The molecule has 0 saturated carbocycles. The van der Waals surface area contributed by atoms with Crippen molar-refractivity contribution < 1.29 is 9.59 Å². The van der Waals surface area contributed by atoms with E-state index < -0.39 is 17.9 Å². The topological polar surface area (TPSA) is 72.2 Å². The number of carbonyl (C=O) groups excluding carboxylic acids is 2. The SMILES string of the molecule is NC(=O)[C@@H](Cc1ccc(-c2ccccc2)cc1)NC(=O)C1c2ccccc2-c2ccccc21. The molecule has 1 aliphatic rings. The van der Waals surface area contributed by atoms with Crippen LogP contribution < -0.4 is 11.1 Å². The Morgan fingerprint density at radius 1 is 0.697 bits per heavy atom. The smallest absolute Gasteiger partial charge is 0.240 e. The van der Waals surface area contributed by atoms with Gasteiger partial charge in [0.15, 0.2) is 0 Å². The van der Waals surface area contributed by atoms with Crippen molar-refractivity contribution in [2.24, 2.45) is 5.73 Å². The summed E-state index contributed by atoms with van der Waals surface area (Å²) in [4.78, 5) is 25.6. The van der Waals surface area contributed by atoms with Gasteiger partial charge in [-0.15, -0.1) is 0 Å². The number of hydrogen-bond acceptors (Lipinski definition) is 2. The van der Waals surface area contributed by atoms with E-state index in [9.17, 15) is 9.59 Å². The van der Waals surface area contributed by atoms with Crippen molar-refractivity contribution in [2.45, 2.75) is 18.4 Å². The lowest BCUT2D eigenvalue weighted by atomic mass is 9.95. The number of nitrogens with two attached hydrogens (primary N) is 1. The Morgan fingerprint density at radius 3 is 1.79 bits per heavy atom. The summed E-state index contributed by atoms with van der Waals surface area (Å²) in [7, 11) is 0. The maximum Gasteiger partial charge on any atom is 0.240 e. The third-order valence-electron chi connectivity index (χ3n) is 6.26. The molecular formula is C29H24N2O2. The molecule has 4 aromatic rings. The van der Waals surface area contributed by atoms with Crippen molar-refractivity contribution in [1.82, 2.24) is 5.32 Å². The van der Waals surface area contributed by atoms with Crippen LogP contribution in [0, 0.1) is 0 Å². The molecule has 4 nitrogen and oxygen atoms in total. The molecule has 33 heavy (non-hydrogen) atoms. The van der Waals surface area contributed by atoms with Gasteiger partial charge in [-0.25, -0.2) is 0 Å². The van der Waals surface area contributed by atoms with E-state index in [1.165, 1.54) is 0 Å². The number of carbonyl (C=O) groups is 2. The summed E-state index contributed by atoms with van der Waals surface area (Å²) in [5, 5.41) is 2.92.